The van der Waals surface area contributed by atoms with Crippen LogP contribution in [0.4, 0.5) is 18.0 Å². The smallest absolute Gasteiger partial charge is 0.407 e. The van der Waals surface area contributed by atoms with Crippen molar-refractivity contribution in [2.75, 3.05) is 6.61 Å². The van der Waals surface area contributed by atoms with Crippen molar-refractivity contribution in [1.29, 1.82) is 0 Å². The molecule has 4 saturated carbocycles. The first kappa shape index (κ1) is 20.9. The topological polar surface area (TPSA) is 80.3 Å². The molecule has 4 fully saturated rings. The molecular weight excluding hydrogens is 399 g/mol. The molecule has 30 heavy (non-hydrogen) atoms. The van der Waals surface area contributed by atoms with Gasteiger partial charge in [0.1, 0.15) is 12.3 Å². The van der Waals surface area contributed by atoms with Crippen LogP contribution in [0.2, 0.25) is 0 Å². The average molecular weight is 425 g/mol. The highest BCUT2D eigenvalue weighted by molar-refractivity contribution is 5.92. The van der Waals surface area contributed by atoms with Gasteiger partial charge in [-0.2, -0.15) is 13.2 Å². The lowest BCUT2D eigenvalue weighted by Gasteiger charge is -2.62. The number of nitrogens with zero attached hydrogens (tertiary/aromatic N) is 1. The Balaban J connectivity index is 1.44. The van der Waals surface area contributed by atoms with Crippen LogP contribution in [0.5, 0.6) is 0 Å². The van der Waals surface area contributed by atoms with Crippen molar-refractivity contribution in [3.05, 3.63) is 29.6 Å². The predicted octanol–water partition coefficient (Wildman–Crippen LogP) is 3.89. The number of carbonyl (C=O) groups is 2. The number of alkyl halides is 3. The van der Waals surface area contributed by atoms with Crippen molar-refractivity contribution < 1.29 is 27.5 Å². The standard InChI is InChI=1S/C21H26F3N3O3/c1-13-3-2-4-16(25-13)17(28)26-19-8-14-7-15(9-19)11-20(10-14,12-19)27-18(29)30-6-5-21(22,23)24/h2-4,14-15H,5-12H2,1H3,(H,26,28)(H,27,29). The van der Waals surface area contributed by atoms with Crippen molar-refractivity contribution in [2.45, 2.75) is 69.1 Å². The van der Waals surface area contributed by atoms with Gasteiger partial charge in [0.2, 0.25) is 0 Å². The summed E-state index contributed by atoms with van der Waals surface area (Å²) in [4.78, 5) is 29.3. The number of nitrogens with one attached hydrogen (secondary N) is 2. The molecule has 2 unspecified atom stereocenters. The van der Waals surface area contributed by atoms with E-state index >= 15 is 0 Å². The summed E-state index contributed by atoms with van der Waals surface area (Å²) >= 11 is 0. The highest BCUT2D eigenvalue weighted by atomic mass is 19.4. The fourth-order valence-electron chi connectivity index (χ4n) is 6.04. The van der Waals surface area contributed by atoms with E-state index in [1.165, 1.54) is 0 Å². The molecule has 1 heterocycles. The summed E-state index contributed by atoms with van der Waals surface area (Å²) in [6, 6.07) is 5.29. The molecule has 5 rings (SSSR count). The van der Waals surface area contributed by atoms with E-state index in [0.29, 0.717) is 24.0 Å². The van der Waals surface area contributed by atoms with Gasteiger partial charge in [0.05, 0.1) is 6.42 Å². The Morgan fingerprint density at radius 1 is 1.13 bits per heavy atom. The first-order valence-electron chi connectivity index (χ1n) is 10.3. The summed E-state index contributed by atoms with van der Waals surface area (Å²) in [7, 11) is 0. The number of rotatable bonds is 5. The van der Waals surface area contributed by atoms with Gasteiger partial charge in [-0.05, 0) is 69.4 Å². The van der Waals surface area contributed by atoms with Gasteiger partial charge in [0.25, 0.3) is 5.91 Å². The predicted molar refractivity (Wildman–Crippen MR) is 102 cm³/mol. The normalized spacial score (nSPS) is 32.0. The van der Waals surface area contributed by atoms with E-state index < -0.39 is 36.4 Å². The van der Waals surface area contributed by atoms with Gasteiger partial charge in [-0.3, -0.25) is 4.79 Å². The van der Waals surface area contributed by atoms with Crippen molar-refractivity contribution in [3.8, 4) is 0 Å². The number of amides is 2. The molecule has 1 aromatic rings. The number of halogens is 3. The lowest BCUT2D eigenvalue weighted by Crippen LogP contribution is -2.70. The molecule has 4 aliphatic carbocycles. The molecular formula is C21H26F3N3O3. The molecule has 6 nitrogen and oxygen atoms in total. The number of pyridine rings is 1. The lowest BCUT2D eigenvalue weighted by molar-refractivity contribution is -0.141. The first-order valence-corrected chi connectivity index (χ1v) is 10.3. The van der Waals surface area contributed by atoms with E-state index in [2.05, 4.69) is 15.6 Å². The van der Waals surface area contributed by atoms with Crippen LogP contribution >= 0.6 is 0 Å². The summed E-state index contributed by atoms with van der Waals surface area (Å²) in [5.41, 5.74) is 0.130. The third-order valence-electron chi connectivity index (χ3n) is 6.55. The van der Waals surface area contributed by atoms with Crippen LogP contribution in [-0.2, 0) is 4.74 Å². The number of aromatic nitrogens is 1. The maximum absolute atomic E-state index is 12.9. The van der Waals surface area contributed by atoms with Gasteiger partial charge in [0.15, 0.2) is 0 Å². The van der Waals surface area contributed by atoms with Gasteiger partial charge in [0, 0.05) is 16.8 Å². The van der Waals surface area contributed by atoms with E-state index in [-0.39, 0.29) is 5.91 Å². The van der Waals surface area contributed by atoms with Gasteiger partial charge in [-0.1, -0.05) is 6.07 Å². The maximum atomic E-state index is 12.9. The molecule has 2 atom stereocenters. The fourth-order valence-corrected chi connectivity index (χ4v) is 6.04. The zero-order valence-electron chi connectivity index (χ0n) is 16.8. The lowest BCUT2D eigenvalue weighted by atomic mass is 9.50. The summed E-state index contributed by atoms with van der Waals surface area (Å²) < 4.78 is 41.7. The number of hydrogen-bond acceptors (Lipinski definition) is 4. The third kappa shape index (κ3) is 4.54. The Morgan fingerprint density at radius 2 is 1.77 bits per heavy atom. The van der Waals surface area contributed by atoms with Crippen LogP contribution in [0.15, 0.2) is 18.2 Å². The molecule has 0 saturated heterocycles. The third-order valence-corrected chi connectivity index (χ3v) is 6.55. The summed E-state index contributed by atoms with van der Waals surface area (Å²) in [5, 5.41) is 6.05. The molecule has 0 radical (unpaired) electrons. The van der Waals surface area contributed by atoms with Crippen molar-refractivity contribution in [3.63, 3.8) is 0 Å². The van der Waals surface area contributed by atoms with E-state index in [0.717, 1.165) is 37.8 Å². The fraction of sp³-hybridized carbons (Fsp3) is 0.667. The number of alkyl carbamates (subject to hydrolysis) is 1. The Morgan fingerprint density at radius 3 is 2.37 bits per heavy atom. The number of ether oxygens (including phenoxy) is 1. The van der Waals surface area contributed by atoms with Crippen molar-refractivity contribution in [2.24, 2.45) is 11.8 Å². The minimum Gasteiger partial charge on any atom is -0.449 e. The van der Waals surface area contributed by atoms with Crippen molar-refractivity contribution >= 4 is 12.0 Å². The molecule has 9 heteroatoms. The molecule has 2 amide bonds. The van der Waals surface area contributed by atoms with Crippen LogP contribution in [-0.4, -0.2) is 40.8 Å². The van der Waals surface area contributed by atoms with Crippen LogP contribution in [0.25, 0.3) is 0 Å². The monoisotopic (exact) mass is 425 g/mol. The molecule has 1 aromatic heterocycles. The highest BCUT2D eigenvalue weighted by Gasteiger charge is 2.59. The van der Waals surface area contributed by atoms with Gasteiger partial charge >= 0.3 is 12.3 Å². The largest absolute Gasteiger partial charge is 0.449 e. The van der Waals surface area contributed by atoms with Crippen LogP contribution < -0.4 is 10.6 Å². The molecule has 4 bridgehead atoms. The van der Waals surface area contributed by atoms with Crippen LogP contribution in [0, 0.1) is 18.8 Å². The van der Waals surface area contributed by atoms with Crippen LogP contribution in [0.3, 0.4) is 0 Å². The number of hydrogen-bond donors (Lipinski definition) is 2. The molecule has 0 aliphatic heterocycles. The Hall–Kier alpha value is -2.32. The summed E-state index contributed by atoms with van der Waals surface area (Å²) in [6.07, 6.45) is -1.53. The van der Waals surface area contributed by atoms with E-state index in [1.54, 1.807) is 12.1 Å². The molecule has 0 spiro atoms. The van der Waals surface area contributed by atoms with E-state index in [9.17, 15) is 22.8 Å². The van der Waals surface area contributed by atoms with E-state index in [4.69, 9.17) is 4.74 Å². The summed E-state index contributed by atoms with van der Waals surface area (Å²) in [5.74, 6) is 0.476. The second-order valence-corrected chi connectivity index (χ2v) is 9.27. The Bertz CT molecular complexity index is 828. The Labute approximate surface area is 173 Å². The Kier molecular flexibility index (Phi) is 5.18. The van der Waals surface area contributed by atoms with Crippen LogP contribution in [0.1, 0.15) is 61.1 Å². The molecule has 0 aromatic carbocycles. The van der Waals surface area contributed by atoms with Gasteiger partial charge < -0.3 is 15.4 Å². The van der Waals surface area contributed by atoms with Crippen molar-refractivity contribution in [1.82, 2.24) is 15.6 Å². The zero-order valence-corrected chi connectivity index (χ0v) is 16.8. The molecule has 4 aliphatic rings. The average Bonchev–Trinajstić information content (AvgIpc) is 2.58. The molecule has 2 N–H and O–H groups in total. The first-order chi connectivity index (χ1) is 14.1. The highest BCUT2D eigenvalue weighted by Crippen LogP contribution is 2.57. The second kappa shape index (κ2) is 7.42. The number of aryl methyl sites for hydroxylation is 1. The SMILES string of the molecule is Cc1cccc(C(=O)NC23CC4CC(CC(NC(=O)OCCC(F)(F)F)(C4)C2)C3)n1. The maximum Gasteiger partial charge on any atom is 0.407 e. The minimum absolute atomic E-state index is 0.233. The quantitative estimate of drug-likeness (QED) is 0.750. The zero-order chi connectivity index (χ0) is 21.6. The number of carbonyl (C=O) groups excluding carboxylic acids is 2. The van der Waals surface area contributed by atoms with Gasteiger partial charge in [-0.15, -0.1) is 0 Å². The summed E-state index contributed by atoms with van der Waals surface area (Å²) in [6.45, 7) is 1.13. The molecule has 164 valence electrons. The van der Waals surface area contributed by atoms with Gasteiger partial charge in [-0.25, -0.2) is 9.78 Å². The minimum atomic E-state index is -4.36. The second-order valence-electron chi connectivity index (χ2n) is 9.27. The van der Waals surface area contributed by atoms with E-state index in [1.807, 2.05) is 13.0 Å².